The molecule has 1 rings (SSSR count). The van der Waals surface area contributed by atoms with Crippen molar-refractivity contribution in [1.29, 1.82) is 0 Å². The first-order chi connectivity index (χ1) is 9.07. The van der Waals surface area contributed by atoms with Crippen LogP contribution in [0, 0.1) is 0 Å². The van der Waals surface area contributed by atoms with Crippen LogP contribution in [0.5, 0.6) is 0 Å². The molecule has 0 bridgehead atoms. The maximum atomic E-state index is 6.25. The molecule has 0 atom stereocenters. The predicted molar refractivity (Wildman–Crippen MR) is 106 cm³/mol. The molecule has 0 saturated carbocycles. The molecule has 0 radical (unpaired) electrons. The van der Waals surface area contributed by atoms with E-state index in [1.165, 1.54) is 0 Å². The fourth-order valence-corrected chi connectivity index (χ4v) is 19.7. The molecule has 0 aliphatic carbocycles. The number of rotatable bonds is 4. The van der Waals surface area contributed by atoms with Gasteiger partial charge in [0.15, 0.2) is 0 Å². The van der Waals surface area contributed by atoms with E-state index in [1.807, 2.05) is 26.2 Å². The minimum Gasteiger partial charge on any atom is -1.00 e. The normalized spacial score (nSPS) is 33.9. The van der Waals surface area contributed by atoms with Crippen molar-refractivity contribution in [2.75, 3.05) is 0 Å². The average Bonchev–Trinajstić information content (AvgIpc) is 2.36. The van der Waals surface area contributed by atoms with Gasteiger partial charge in [-0.3, -0.25) is 0 Å². The zero-order valence-corrected chi connectivity index (χ0v) is 26.3. The Labute approximate surface area is 219 Å². The summed E-state index contributed by atoms with van der Waals surface area (Å²) in [5, 5.41) is 0. The quantitative estimate of drug-likeness (QED) is 0.268. The number of hydrogen-bond donors (Lipinski definition) is 0. The van der Waals surface area contributed by atoms with Crippen molar-refractivity contribution in [3.63, 3.8) is 0 Å². The maximum Gasteiger partial charge on any atom is 4.00 e. The van der Waals surface area contributed by atoms with Crippen LogP contribution in [0.25, 0.3) is 0 Å². The minimum atomic E-state index is -2.60. The Morgan fingerprint density at radius 2 is 0.593 bits per heavy atom. The summed E-state index contributed by atoms with van der Waals surface area (Å²) in [6.45, 7) is 23.2. The van der Waals surface area contributed by atoms with E-state index in [0.29, 0.717) is 0 Å². The van der Waals surface area contributed by atoms with Crippen LogP contribution in [-0.4, -0.2) is 34.2 Å². The number of hydrogen-bond acceptors (Lipinski definition) is 4. The van der Waals surface area contributed by atoms with Crippen LogP contribution in [0.1, 0.15) is 0 Å². The van der Waals surface area contributed by atoms with Crippen LogP contribution >= 0.6 is 24.8 Å². The van der Waals surface area contributed by atoms with Crippen molar-refractivity contribution in [2.24, 2.45) is 0 Å². The molecular weight excluding hydrogens is 728 g/mol. The molecule has 27 heavy (non-hydrogen) atoms. The molecule has 0 amide bonds. The maximum absolute atomic E-state index is 6.25. The molecule has 15 heteroatoms. The van der Waals surface area contributed by atoms with E-state index in [1.54, 1.807) is 22.8 Å². The third kappa shape index (κ3) is 13.2. The SMILES string of the molecule is C=C[Si]1(C)O[Si](C)(C=C)O[Si](C)(C=C)O[Si](C)(C=C)O1.Cl.Cl.[Cl-].[Cl-].[Cl-].[Cl-].[Pt+4]. The fourth-order valence-electron chi connectivity index (χ4n) is 2.03. The second-order valence-corrected chi connectivity index (χ2v) is 18.3. The molecule has 1 fully saturated rings. The Morgan fingerprint density at radius 3 is 0.667 bits per heavy atom. The van der Waals surface area contributed by atoms with Gasteiger partial charge in [0.1, 0.15) is 0 Å². The predicted octanol–water partition coefficient (Wildman–Crippen LogP) is -7.89. The van der Waals surface area contributed by atoms with Gasteiger partial charge in [-0.1, -0.05) is 22.8 Å². The Bertz CT molecular complexity index is 376. The van der Waals surface area contributed by atoms with Gasteiger partial charge in [-0.2, -0.15) is 0 Å². The molecule has 1 saturated heterocycles. The molecule has 1 aliphatic rings. The first kappa shape index (κ1) is 47.0. The van der Waals surface area contributed by atoms with Gasteiger partial charge in [-0.25, -0.2) is 0 Å². The van der Waals surface area contributed by atoms with E-state index >= 15 is 0 Å². The molecular formula is C12H26Cl6O4PtSi4. The van der Waals surface area contributed by atoms with E-state index in [9.17, 15) is 0 Å². The third-order valence-corrected chi connectivity index (χ3v) is 19.0. The summed E-state index contributed by atoms with van der Waals surface area (Å²) in [4.78, 5) is 0. The molecule has 1 aliphatic heterocycles. The first-order valence-electron chi connectivity index (χ1n) is 6.42. The van der Waals surface area contributed by atoms with Crippen molar-refractivity contribution in [2.45, 2.75) is 26.2 Å². The topological polar surface area (TPSA) is 36.9 Å². The zero-order valence-electron chi connectivity index (χ0n) is 15.4. The number of halogens is 6. The molecule has 0 N–H and O–H groups in total. The molecule has 4 nitrogen and oxygen atoms in total. The third-order valence-electron chi connectivity index (χ3n) is 3.10. The van der Waals surface area contributed by atoms with Crippen LogP contribution in [0.3, 0.4) is 0 Å². The van der Waals surface area contributed by atoms with E-state index in [2.05, 4.69) is 26.3 Å². The molecule has 0 aromatic carbocycles. The van der Waals surface area contributed by atoms with Gasteiger partial charge in [0.2, 0.25) is 0 Å². The second kappa shape index (κ2) is 17.7. The van der Waals surface area contributed by atoms with Gasteiger partial charge >= 0.3 is 55.3 Å². The Hall–Kier alpha value is 2.10. The van der Waals surface area contributed by atoms with E-state index in [0.717, 1.165) is 0 Å². The van der Waals surface area contributed by atoms with Crippen molar-refractivity contribution in [3.05, 3.63) is 49.1 Å². The van der Waals surface area contributed by atoms with Gasteiger partial charge in [-0.15, -0.1) is 51.1 Å². The smallest absolute Gasteiger partial charge is 1.00 e. The molecule has 0 spiro atoms. The minimum absolute atomic E-state index is 0. The van der Waals surface area contributed by atoms with Crippen LogP contribution in [0.4, 0.5) is 0 Å². The summed E-state index contributed by atoms with van der Waals surface area (Å²) in [6, 6.07) is 0. The van der Waals surface area contributed by atoms with Gasteiger partial charge < -0.3 is 66.1 Å². The van der Waals surface area contributed by atoms with Gasteiger partial charge in [0.05, 0.1) is 0 Å². The Morgan fingerprint density at radius 1 is 0.481 bits per heavy atom. The second-order valence-electron chi connectivity index (χ2n) is 5.29. The Balaban J connectivity index is -0.000000114. The molecule has 1 heterocycles. The molecule has 0 aromatic rings. The van der Waals surface area contributed by atoms with E-state index in [4.69, 9.17) is 16.5 Å². The monoisotopic (exact) mass is 751 g/mol. The first-order valence-corrected chi connectivity index (χ1v) is 16.0. The van der Waals surface area contributed by atoms with Crippen molar-refractivity contribution < 1.29 is 87.2 Å². The van der Waals surface area contributed by atoms with Crippen molar-refractivity contribution >= 4 is 59.1 Å². The fraction of sp³-hybridized carbons (Fsp3) is 0.333. The zero-order chi connectivity index (χ0) is 15.7. The van der Waals surface area contributed by atoms with Crippen LogP contribution in [0.2, 0.25) is 26.2 Å². The summed E-state index contributed by atoms with van der Waals surface area (Å²) in [5.41, 5.74) is 7.01. The van der Waals surface area contributed by atoms with Gasteiger partial charge in [-0.05, 0) is 26.2 Å². The largest absolute Gasteiger partial charge is 4.00 e. The van der Waals surface area contributed by atoms with Crippen LogP contribution in [0.15, 0.2) is 49.1 Å². The van der Waals surface area contributed by atoms with Crippen LogP contribution in [-0.2, 0) is 37.5 Å². The summed E-state index contributed by atoms with van der Waals surface area (Å²) in [6.07, 6.45) is 0. The molecule has 166 valence electrons. The molecule has 0 unspecified atom stereocenters. The van der Waals surface area contributed by atoms with Gasteiger partial charge in [0.25, 0.3) is 0 Å². The van der Waals surface area contributed by atoms with Crippen molar-refractivity contribution in [3.8, 4) is 0 Å². The Kier molecular flexibility index (Phi) is 30.9. The van der Waals surface area contributed by atoms with Crippen molar-refractivity contribution in [1.82, 2.24) is 0 Å². The van der Waals surface area contributed by atoms with E-state index in [-0.39, 0.29) is 95.5 Å². The van der Waals surface area contributed by atoms with Crippen LogP contribution < -0.4 is 49.6 Å². The summed E-state index contributed by atoms with van der Waals surface area (Å²) in [5.74, 6) is 0. The summed E-state index contributed by atoms with van der Waals surface area (Å²) in [7, 11) is -10.4. The average molecular weight is 754 g/mol. The standard InChI is InChI=1S/C12H24O4Si4.6ClH.Pt/c1-9-17(5)13-18(6,10-2)15-20(8,12-4)16-19(7,11-3)14-17;;;;;;;/h9-12H,1-4H2,5-8H3;6*1H;/q;;;;;;;+4/p-4. The summed E-state index contributed by atoms with van der Waals surface area (Å²) < 4.78 is 25.0. The molecule has 0 aromatic heterocycles. The summed E-state index contributed by atoms with van der Waals surface area (Å²) >= 11 is 0. The van der Waals surface area contributed by atoms with E-state index < -0.39 is 34.2 Å². The van der Waals surface area contributed by atoms with Gasteiger partial charge in [0, 0.05) is 0 Å².